The number of rotatable bonds is 3. The molecular weight excluding hydrogens is 154 g/mol. The minimum absolute atomic E-state index is 0.0224. The van der Waals surface area contributed by atoms with Crippen LogP contribution in [0, 0.1) is 13.8 Å². The largest absolute Gasteiger partial charge is 0.475 e. The van der Waals surface area contributed by atoms with Crippen LogP contribution in [0.15, 0.2) is 12.1 Å². The lowest BCUT2D eigenvalue weighted by atomic mass is 10.2. The lowest BCUT2D eigenvalue weighted by molar-refractivity contribution is 0.196. The van der Waals surface area contributed by atoms with Crippen molar-refractivity contribution in [1.29, 1.82) is 0 Å². The van der Waals surface area contributed by atoms with Gasteiger partial charge < -0.3 is 9.84 Å². The van der Waals surface area contributed by atoms with Crippen LogP contribution in [0.1, 0.15) is 11.3 Å². The number of aliphatic hydroxyl groups is 1. The van der Waals surface area contributed by atoms with E-state index in [1.807, 2.05) is 19.9 Å². The molecule has 0 radical (unpaired) electrons. The van der Waals surface area contributed by atoms with Crippen LogP contribution in [0.4, 0.5) is 0 Å². The Morgan fingerprint density at radius 2 is 2.17 bits per heavy atom. The van der Waals surface area contributed by atoms with E-state index in [2.05, 4.69) is 4.98 Å². The first kappa shape index (κ1) is 9.00. The summed E-state index contributed by atoms with van der Waals surface area (Å²) in [6, 6.07) is 3.76. The summed E-state index contributed by atoms with van der Waals surface area (Å²) in [5.41, 5.74) is 2.11. The second-order valence-corrected chi connectivity index (χ2v) is 2.62. The van der Waals surface area contributed by atoms with Crippen LogP contribution in [0.2, 0.25) is 0 Å². The third-order valence-corrected chi connectivity index (χ3v) is 1.67. The molecule has 0 aromatic carbocycles. The van der Waals surface area contributed by atoms with E-state index in [1.54, 1.807) is 6.07 Å². The quantitative estimate of drug-likeness (QED) is 0.732. The lowest BCUT2D eigenvalue weighted by Gasteiger charge is -2.04. The van der Waals surface area contributed by atoms with Crippen molar-refractivity contribution < 1.29 is 9.84 Å². The van der Waals surface area contributed by atoms with Gasteiger partial charge in [-0.05, 0) is 19.4 Å². The van der Waals surface area contributed by atoms with Crippen molar-refractivity contribution in [2.45, 2.75) is 13.8 Å². The second-order valence-electron chi connectivity index (χ2n) is 2.62. The molecule has 0 amide bonds. The first-order valence-corrected chi connectivity index (χ1v) is 3.92. The predicted molar refractivity (Wildman–Crippen MR) is 46.3 cm³/mol. The van der Waals surface area contributed by atoms with Crippen molar-refractivity contribution in [3.05, 3.63) is 23.4 Å². The average Bonchev–Trinajstić information content (AvgIpc) is 2.07. The van der Waals surface area contributed by atoms with Crippen LogP contribution in [-0.4, -0.2) is 23.3 Å². The highest BCUT2D eigenvalue weighted by molar-refractivity contribution is 5.23. The van der Waals surface area contributed by atoms with E-state index in [1.165, 1.54) is 0 Å². The minimum atomic E-state index is 0.0224. The van der Waals surface area contributed by atoms with Gasteiger partial charge in [0, 0.05) is 11.8 Å². The molecule has 0 bridgehead atoms. The second kappa shape index (κ2) is 4.07. The highest BCUT2D eigenvalue weighted by atomic mass is 16.5. The number of hydrogen-bond acceptors (Lipinski definition) is 3. The molecule has 1 N–H and O–H groups in total. The van der Waals surface area contributed by atoms with E-state index in [-0.39, 0.29) is 6.61 Å². The van der Waals surface area contributed by atoms with Crippen LogP contribution < -0.4 is 4.74 Å². The number of aliphatic hydroxyl groups excluding tert-OH is 1. The molecule has 66 valence electrons. The molecule has 12 heavy (non-hydrogen) atoms. The van der Waals surface area contributed by atoms with Gasteiger partial charge in [-0.15, -0.1) is 0 Å². The van der Waals surface area contributed by atoms with E-state index in [4.69, 9.17) is 9.84 Å². The van der Waals surface area contributed by atoms with Gasteiger partial charge in [0.1, 0.15) is 6.61 Å². The molecule has 1 rings (SSSR count). The molecule has 0 unspecified atom stereocenters. The Balaban J connectivity index is 2.69. The van der Waals surface area contributed by atoms with E-state index in [9.17, 15) is 0 Å². The number of pyridine rings is 1. The highest BCUT2D eigenvalue weighted by Crippen LogP contribution is 2.10. The summed E-state index contributed by atoms with van der Waals surface area (Å²) in [4.78, 5) is 4.18. The molecule has 1 heterocycles. The number of ether oxygens (including phenoxy) is 1. The summed E-state index contributed by atoms with van der Waals surface area (Å²) >= 11 is 0. The fraction of sp³-hybridized carbons (Fsp3) is 0.444. The van der Waals surface area contributed by atoms with E-state index < -0.39 is 0 Å². The topological polar surface area (TPSA) is 42.4 Å². The minimum Gasteiger partial charge on any atom is -0.475 e. The Bertz CT molecular complexity index is 261. The van der Waals surface area contributed by atoms with Gasteiger partial charge in [0.05, 0.1) is 6.61 Å². The molecule has 0 aliphatic rings. The van der Waals surface area contributed by atoms with Gasteiger partial charge in [0.15, 0.2) is 0 Å². The van der Waals surface area contributed by atoms with Gasteiger partial charge in [-0.1, -0.05) is 6.07 Å². The SMILES string of the molecule is Cc1ccc(OCCO)nc1C. The standard InChI is InChI=1S/C9H13NO2/c1-7-3-4-9(10-8(7)2)12-6-5-11/h3-4,11H,5-6H2,1-2H3. The van der Waals surface area contributed by atoms with Crippen molar-refractivity contribution in [3.63, 3.8) is 0 Å². The molecule has 0 saturated heterocycles. The monoisotopic (exact) mass is 167 g/mol. The van der Waals surface area contributed by atoms with E-state index >= 15 is 0 Å². The van der Waals surface area contributed by atoms with Gasteiger partial charge in [-0.2, -0.15) is 0 Å². The molecule has 0 saturated carbocycles. The van der Waals surface area contributed by atoms with Crippen molar-refractivity contribution >= 4 is 0 Å². The number of hydrogen-bond donors (Lipinski definition) is 1. The van der Waals surface area contributed by atoms with Crippen LogP contribution >= 0.6 is 0 Å². The molecular formula is C9H13NO2. The molecule has 3 heteroatoms. The van der Waals surface area contributed by atoms with Gasteiger partial charge in [-0.25, -0.2) is 4.98 Å². The first-order valence-electron chi connectivity index (χ1n) is 3.92. The Kier molecular flexibility index (Phi) is 3.05. The van der Waals surface area contributed by atoms with E-state index in [0.717, 1.165) is 11.3 Å². The normalized spacial score (nSPS) is 9.92. The zero-order valence-electron chi connectivity index (χ0n) is 7.37. The molecule has 0 spiro atoms. The van der Waals surface area contributed by atoms with Crippen LogP contribution in [0.5, 0.6) is 5.88 Å². The number of aromatic nitrogens is 1. The van der Waals surface area contributed by atoms with Crippen LogP contribution in [0.25, 0.3) is 0 Å². The van der Waals surface area contributed by atoms with Gasteiger partial charge >= 0.3 is 0 Å². The Labute approximate surface area is 72.0 Å². The Morgan fingerprint density at radius 3 is 2.75 bits per heavy atom. The molecule has 0 fully saturated rings. The average molecular weight is 167 g/mol. The van der Waals surface area contributed by atoms with Crippen LogP contribution in [0.3, 0.4) is 0 Å². The predicted octanol–water partition coefficient (Wildman–Crippen LogP) is 1.07. The van der Waals surface area contributed by atoms with Gasteiger partial charge in [0.2, 0.25) is 5.88 Å². The van der Waals surface area contributed by atoms with Crippen molar-refractivity contribution in [1.82, 2.24) is 4.98 Å². The van der Waals surface area contributed by atoms with Crippen molar-refractivity contribution in [2.24, 2.45) is 0 Å². The molecule has 1 aromatic heterocycles. The maximum atomic E-state index is 8.50. The van der Waals surface area contributed by atoms with E-state index in [0.29, 0.717) is 12.5 Å². The summed E-state index contributed by atoms with van der Waals surface area (Å²) < 4.78 is 5.13. The summed E-state index contributed by atoms with van der Waals surface area (Å²) in [6.45, 7) is 4.25. The summed E-state index contributed by atoms with van der Waals surface area (Å²) in [5.74, 6) is 0.576. The first-order chi connectivity index (χ1) is 5.74. The van der Waals surface area contributed by atoms with Crippen molar-refractivity contribution in [3.8, 4) is 5.88 Å². The zero-order chi connectivity index (χ0) is 8.97. The molecule has 1 aromatic rings. The summed E-state index contributed by atoms with van der Waals surface area (Å²) in [5, 5.41) is 8.50. The fourth-order valence-electron chi connectivity index (χ4n) is 0.838. The molecule has 0 atom stereocenters. The molecule has 3 nitrogen and oxygen atoms in total. The molecule has 0 aliphatic carbocycles. The third kappa shape index (κ3) is 2.20. The van der Waals surface area contributed by atoms with Gasteiger partial charge in [-0.3, -0.25) is 0 Å². The smallest absolute Gasteiger partial charge is 0.213 e. The number of nitrogens with zero attached hydrogens (tertiary/aromatic N) is 1. The zero-order valence-corrected chi connectivity index (χ0v) is 7.37. The Morgan fingerprint density at radius 1 is 1.42 bits per heavy atom. The summed E-state index contributed by atoms with van der Waals surface area (Å²) in [6.07, 6.45) is 0. The van der Waals surface area contributed by atoms with Gasteiger partial charge in [0.25, 0.3) is 0 Å². The maximum Gasteiger partial charge on any atom is 0.213 e. The van der Waals surface area contributed by atoms with Crippen LogP contribution in [-0.2, 0) is 0 Å². The van der Waals surface area contributed by atoms with Crippen molar-refractivity contribution in [2.75, 3.05) is 13.2 Å². The lowest BCUT2D eigenvalue weighted by Crippen LogP contribution is -2.03. The Hall–Kier alpha value is -1.09. The third-order valence-electron chi connectivity index (χ3n) is 1.67. The fourth-order valence-corrected chi connectivity index (χ4v) is 0.838. The highest BCUT2D eigenvalue weighted by Gasteiger charge is 1.97. The summed E-state index contributed by atoms with van der Waals surface area (Å²) in [7, 11) is 0. The molecule has 0 aliphatic heterocycles. The number of aryl methyl sites for hydroxylation is 2. The maximum absolute atomic E-state index is 8.50.